The molecule has 152 valence electrons. The van der Waals surface area contributed by atoms with Crippen molar-refractivity contribution in [2.24, 2.45) is 0 Å². The summed E-state index contributed by atoms with van der Waals surface area (Å²) in [6.07, 6.45) is 0.0570. The second-order valence-corrected chi connectivity index (χ2v) is 7.68. The van der Waals surface area contributed by atoms with Crippen LogP contribution in [-0.2, 0) is 14.3 Å². The molecule has 7 heteroatoms. The summed E-state index contributed by atoms with van der Waals surface area (Å²) in [6, 6.07) is 15.1. The van der Waals surface area contributed by atoms with Gasteiger partial charge in [-0.1, -0.05) is 55.9 Å². The highest BCUT2D eigenvalue weighted by Crippen LogP contribution is 2.27. The summed E-state index contributed by atoms with van der Waals surface area (Å²) in [4.78, 5) is 28.9. The molecule has 2 atom stereocenters. The van der Waals surface area contributed by atoms with Gasteiger partial charge in [0.1, 0.15) is 11.3 Å². The molecule has 0 saturated heterocycles. The molecule has 6 nitrogen and oxygen atoms in total. The average Bonchev–Trinajstić information content (AvgIpc) is 3.15. The smallest absolute Gasteiger partial charge is 0.317 e. The number of ether oxygens (including phenoxy) is 1. The van der Waals surface area contributed by atoms with E-state index in [2.05, 4.69) is 24.1 Å². The second-order valence-electron chi connectivity index (χ2n) is 6.75. The zero-order valence-corrected chi connectivity index (χ0v) is 17.5. The van der Waals surface area contributed by atoms with Crippen molar-refractivity contribution in [1.29, 1.82) is 0 Å². The molecule has 1 N–H and O–H groups in total. The highest BCUT2D eigenvalue weighted by atomic mass is 32.2. The molecule has 1 heterocycles. The topological polar surface area (TPSA) is 81.4 Å². The van der Waals surface area contributed by atoms with E-state index in [1.54, 1.807) is 6.92 Å². The lowest BCUT2D eigenvalue weighted by molar-refractivity contribution is -0.150. The van der Waals surface area contributed by atoms with Crippen molar-refractivity contribution in [3.63, 3.8) is 0 Å². The van der Waals surface area contributed by atoms with Gasteiger partial charge in [0, 0.05) is 5.69 Å². The average molecular weight is 413 g/mol. The monoisotopic (exact) mass is 412 g/mol. The number of para-hydroxylation sites is 3. The fourth-order valence-electron chi connectivity index (χ4n) is 2.81. The Morgan fingerprint density at radius 2 is 1.86 bits per heavy atom. The highest BCUT2D eigenvalue weighted by molar-refractivity contribution is 7.99. The van der Waals surface area contributed by atoms with Crippen molar-refractivity contribution >= 4 is 40.4 Å². The summed E-state index contributed by atoms with van der Waals surface area (Å²) in [5, 5.41) is 3.26. The molecule has 2 aromatic carbocycles. The minimum absolute atomic E-state index is 0.00783. The number of fused-ring (bicyclic) bond motifs is 1. The molecule has 0 spiro atoms. The van der Waals surface area contributed by atoms with Gasteiger partial charge in [0.2, 0.25) is 0 Å². The number of amides is 1. The fraction of sp³-hybridized carbons (Fsp3) is 0.318. The predicted molar refractivity (Wildman–Crippen MR) is 114 cm³/mol. The molecule has 0 fully saturated rings. The summed E-state index contributed by atoms with van der Waals surface area (Å²) >= 11 is 1.14. The molecular formula is C22H24N2O4S. The van der Waals surface area contributed by atoms with E-state index in [4.69, 9.17) is 9.15 Å². The van der Waals surface area contributed by atoms with E-state index >= 15 is 0 Å². The van der Waals surface area contributed by atoms with Gasteiger partial charge in [-0.2, -0.15) is 0 Å². The van der Waals surface area contributed by atoms with Crippen LogP contribution in [0.15, 0.2) is 58.2 Å². The molecule has 1 aromatic heterocycles. The number of hydrogen-bond donors (Lipinski definition) is 1. The summed E-state index contributed by atoms with van der Waals surface area (Å²) in [7, 11) is 0. The third kappa shape index (κ3) is 5.38. The van der Waals surface area contributed by atoms with E-state index in [0.717, 1.165) is 35.0 Å². The first-order valence-electron chi connectivity index (χ1n) is 9.55. The Hall–Kier alpha value is -2.80. The summed E-state index contributed by atoms with van der Waals surface area (Å²) in [6.45, 7) is 5.77. The van der Waals surface area contributed by atoms with Crippen molar-refractivity contribution < 1.29 is 18.7 Å². The number of carbonyl (C=O) groups excluding carboxylic acids is 2. The Bertz CT molecular complexity index is 968. The van der Waals surface area contributed by atoms with Crippen LogP contribution in [0, 0.1) is 0 Å². The van der Waals surface area contributed by atoms with Gasteiger partial charge in [0.25, 0.3) is 11.1 Å². The molecule has 0 saturated carbocycles. The molecule has 3 rings (SSSR count). The Morgan fingerprint density at radius 3 is 2.62 bits per heavy atom. The van der Waals surface area contributed by atoms with Gasteiger partial charge < -0.3 is 14.5 Å². The van der Waals surface area contributed by atoms with E-state index in [1.807, 2.05) is 48.5 Å². The largest absolute Gasteiger partial charge is 0.452 e. The standard InChI is InChI=1S/C22H24N2O4S/c1-4-14(2)16-9-5-6-10-17(16)23-21(26)15(3)27-20(25)13-29-22-24-18-11-7-8-12-19(18)28-22/h5-12,14-15H,4,13H2,1-3H3,(H,23,26)/t14-,15+/m0/s1. The van der Waals surface area contributed by atoms with E-state index in [9.17, 15) is 9.59 Å². The van der Waals surface area contributed by atoms with Gasteiger partial charge in [0.15, 0.2) is 11.7 Å². The molecule has 0 aliphatic heterocycles. The lowest BCUT2D eigenvalue weighted by Crippen LogP contribution is -2.31. The summed E-state index contributed by atoms with van der Waals surface area (Å²) in [5.74, 6) is -0.540. The van der Waals surface area contributed by atoms with Gasteiger partial charge in [-0.15, -0.1) is 0 Å². The molecular weight excluding hydrogens is 388 g/mol. The van der Waals surface area contributed by atoms with Crippen LogP contribution < -0.4 is 5.32 Å². The lowest BCUT2D eigenvalue weighted by Gasteiger charge is -2.18. The molecule has 0 bridgehead atoms. The van der Waals surface area contributed by atoms with Crippen LogP contribution in [0.2, 0.25) is 0 Å². The quantitative estimate of drug-likeness (QED) is 0.414. The zero-order valence-electron chi connectivity index (χ0n) is 16.7. The van der Waals surface area contributed by atoms with Crippen LogP contribution >= 0.6 is 11.8 Å². The molecule has 0 aliphatic rings. The van der Waals surface area contributed by atoms with Crippen molar-refractivity contribution in [2.75, 3.05) is 11.1 Å². The highest BCUT2D eigenvalue weighted by Gasteiger charge is 2.20. The second kappa shape index (κ2) is 9.60. The number of aromatic nitrogens is 1. The third-order valence-electron chi connectivity index (χ3n) is 4.63. The lowest BCUT2D eigenvalue weighted by atomic mass is 9.97. The van der Waals surface area contributed by atoms with Gasteiger partial charge >= 0.3 is 5.97 Å². The SMILES string of the molecule is CC[C@H](C)c1ccccc1NC(=O)[C@@H](C)OC(=O)CSc1nc2ccccc2o1. The number of anilines is 1. The van der Waals surface area contributed by atoms with Crippen LogP contribution in [0.25, 0.3) is 11.1 Å². The Balaban J connectivity index is 1.53. The van der Waals surface area contributed by atoms with Crippen LogP contribution in [-0.4, -0.2) is 28.7 Å². The number of rotatable bonds is 8. The van der Waals surface area contributed by atoms with E-state index in [0.29, 0.717) is 16.7 Å². The number of esters is 1. The summed E-state index contributed by atoms with van der Waals surface area (Å²) < 4.78 is 10.8. The minimum Gasteiger partial charge on any atom is -0.452 e. The Kier molecular flexibility index (Phi) is 6.93. The van der Waals surface area contributed by atoms with Crippen molar-refractivity contribution in [2.45, 2.75) is 44.4 Å². The molecule has 0 aliphatic carbocycles. The number of carbonyl (C=O) groups is 2. The first kappa shape index (κ1) is 20.9. The fourth-order valence-corrected chi connectivity index (χ4v) is 3.43. The molecule has 0 unspecified atom stereocenters. The van der Waals surface area contributed by atoms with Crippen LogP contribution in [0.4, 0.5) is 5.69 Å². The Labute approximate surface area is 174 Å². The number of oxazole rings is 1. The number of hydrogen-bond acceptors (Lipinski definition) is 6. The maximum absolute atomic E-state index is 12.5. The summed E-state index contributed by atoms with van der Waals surface area (Å²) in [5.41, 5.74) is 3.20. The molecule has 0 radical (unpaired) electrons. The predicted octanol–water partition coefficient (Wildman–Crippen LogP) is 5.00. The van der Waals surface area contributed by atoms with Crippen molar-refractivity contribution in [1.82, 2.24) is 4.98 Å². The molecule has 3 aromatic rings. The first-order chi connectivity index (χ1) is 14.0. The van der Waals surface area contributed by atoms with Crippen LogP contribution in [0.1, 0.15) is 38.7 Å². The molecule has 1 amide bonds. The van der Waals surface area contributed by atoms with Crippen molar-refractivity contribution in [3.8, 4) is 0 Å². The van der Waals surface area contributed by atoms with Gasteiger partial charge in [-0.05, 0) is 43.0 Å². The van der Waals surface area contributed by atoms with Crippen LogP contribution in [0.5, 0.6) is 0 Å². The van der Waals surface area contributed by atoms with Gasteiger partial charge in [-0.3, -0.25) is 9.59 Å². The van der Waals surface area contributed by atoms with Crippen LogP contribution in [0.3, 0.4) is 0 Å². The van der Waals surface area contributed by atoms with Gasteiger partial charge in [-0.25, -0.2) is 4.98 Å². The first-order valence-corrected chi connectivity index (χ1v) is 10.5. The maximum atomic E-state index is 12.5. The Morgan fingerprint density at radius 1 is 1.14 bits per heavy atom. The maximum Gasteiger partial charge on any atom is 0.317 e. The minimum atomic E-state index is -0.906. The zero-order chi connectivity index (χ0) is 20.8. The van der Waals surface area contributed by atoms with E-state index in [-0.39, 0.29) is 11.7 Å². The normalized spacial score (nSPS) is 13.1. The van der Waals surface area contributed by atoms with E-state index < -0.39 is 12.1 Å². The third-order valence-corrected chi connectivity index (χ3v) is 5.43. The molecule has 29 heavy (non-hydrogen) atoms. The number of benzene rings is 2. The number of nitrogens with one attached hydrogen (secondary N) is 1. The van der Waals surface area contributed by atoms with Crippen molar-refractivity contribution in [3.05, 3.63) is 54.1 Å². The van der Waals surface area contributed by atoms with E-state index in [1.165, 1.54) is 0 Å². The van der Waals surface area contributed by atoms with Gasteiger partial charge in [0.05, 0.1) is 0 Å². The number of nitrogens with zero attached hydrogens (tertiary/aromatic N) is 1. The number of thioether (sulfide) groups is 1.